The van der Waals surface area contributed by atoms with E-state index in [1.807, 2.05) is 30.1 Å². The molecule has 2 aromatic rings. The van der Waals surface area contributed by atoms with Crippen LogP contribution in [0.25, 0.3) is 0 Å². The highest BCUT2D eigenvalue weighted by atomic mass is 79.9. The third kappa shape index (κ3) is 3.10. The van der Waals surface area contributed by atoms with Crippen molar-refractivity contribution in [3.8, 4) is 0 Å². The number of rotatable bonds is 4. The lowest BCUT2D eigenvalue weighted by atomic mass is 10.1. The topological polar surface area (TPSA) is 42.7 Å². The van der Waals surface area contributed by atoms with E-state index in [4.69, 9.17) is 0 Å². The van der Waals surface area contributed by atoms with Gasteiger partial charge in [-0.3, -0.25) is 4.68 Å². The van der Waals surface area contributed by atoms with Crippen molar-refractivity contribution in [3.05, 3.63) is 40.4 Å². The van der Waals surface area contributed by atoms with E-state index in [9.17, 15) is 0 Å². The number of halogens is 1. The van der Waals surface area contributed by atoms with Crippen LogP contribution < -0.4 is 5.32 Å². The Morgan fingerprint density at radius 2 is 2.17 bits per heavy atom. The summed E-state index contributed by atoms with van der Waals surface area (Å²) in [6.07, 6.45) is 3.88. The Balaban J connectivity index is 2.08. The van der Waals surface area contributed by atoms with Gasteiger partial charge in [0.05, 0.1) is 17.6 Å². The van der Waals surface area contributed by atoms with Gasteiger partial charge in [0.15, 0.2) is 0 Å². The molecule has 1 N–H and O–H groups in total. The average Bonchev–Trinajstić information content (AvgIpc) is 2.70. The predicted molar refractivity (Wildman–Crippen MR) is 76.6 cm³/mol. The Bertz CT molecular complexity index is 516. The van der Waals surface area contributed by atoms with E-state index in [2.05, 4.69) is 51.4 Å². The second kappa shape index (κ2) is 5.52. The molecule has 4 nitrogen and oxygen atoms in total. The first kappa shape index (κ1) is 13.1. The lowest BCUT2D eigenvalue weighted by Gasteiger charge is -2.07. The lowest BCUT2D eigenvalue weighted by molar-refractivity contribution is 0.712. The maximum atomic E-state index is 4.49. The van der Waals surface area contributed by atoms with Crippen molar-refractivity contribution in [2.45, 2.75) is 26.3 Å². The molecule has 0 bridgehead atoms. The molecule has 0 spiro atoms. The second-order valence-electron chi connectivity index (χ2n) is 4.59. The molecule has 0 saturated carbocycles. The van der Waals surface area contributed by atoms with Gasteiger partial charge >= 0.3 is 0 Å². The summed E-state index contributed by atoms with van der Waals surface area (Å²) in [5.74, 6) is 0.436. The van der Waals surface area contributed by atoms with Gasteiger partial charge in [0.25, 0.3) is 0 Å². The Morgan fingerprint density at radius 3 is 2.78 bits per heavy atom. The van der Waals surface area contributed by atoms with Crippen LogP contribution in [0.5, 0.6) is 0 Å². The standard InChI is InChI=1S/C13H17BrN4/c1-9(2)13-10(8-18(3)17-13)6-15-11-4-5-12(14)16-7-11/h4-5,7-9,15H,6H2,1-3H3. The summed E-state index contributed by atoms with van der Waals surface area (Å²) in [6.45, 7) is 5.09. The Morgan fingerprint density at radius 1 is 1.39 bits per heavy atom. The molecule has 0 amide bonds. The molecule has 18 heavy (non-hydrogen) atoms. The summed E-state index contributed by atoms with van der Waals surface area (Å²) in [4.78, 5) is 4.19. The first-order valence-corrected chi connectivity index (χ1v) is 6.73. The lowest BCUT2D eigenvalue weighted by Crippen LogP contribution is -2.02. The van der Waals surface area contributed by atoms with E-state index in [-0.39, 0.29) is 0 Å². The van der Waals surface area contributed by atoms with Crippen LogP contribution in [0.4, 0.5) is 5.69 Å². The van der Waals surface area contributed by atoms with Gasteiger partial charge in [-0.15, -0.1) is 0 Å². The van der Waals surface area contributed by atoms with Crippen molar-refractivity contribution in [3.63, 3.8) is 0 Å². The van der Waals surface area contributed by atoms with Gasteiger partial charge in [-0.25, -0.2) is 4.98 Å². The van der Waals surface area contributed by atoms with Gasteiger partial charge in [0, 0.05) is 25.4 Å². The number of aryl methyl sites for hydroxylation is 1. The number of aromatic nitrogens is 3. The molecule has 0 unspecified atom stereocenters. The van der Waals surface area contributed by atoms with Crippen molar-refractivity contribution in [2.24, 2.45) is 7.05 Å². The summed E-state index contributed by atoms with van der Waals surface area (Å²) in [6, 6.07) is 3.93. The van der Waals surface area contributed by atoms with Gasteiger partial charge in [-0.2, -0.15) is 5.10 Å². The van der Waals surface area contributed by atoms with E-state index in [1.165, 1.54) is 5.56 Å². The summed E-state index contributed by atoms with van der Waals surface area (Å²) in [5, 5.41) is 7.85. The van der Waals surface area contributed by atoms with Crippen LogP contribution in [0.2, 0.25) is 0 Å². The zero-order chi connectivity index (χ0) is 13.1. The summed E-state index contributed by atoms with van der Waals surface area (Å²) in [7, 11) is 1.95. The Hall–Kier alpha value is -1.36. The molecule has 0 atom stereocenters. The van der Waals surface area contributed by atoms with E-state index in [0.717, 1.165) is 22.5 Å². The van der Waals surface area contributed by atoms with Crippen LogP contribution in [0, 0.1) is 0 Å². The molecule has 2 rings (SSSR count). The van der Waals surface area contributed by atoms with Gasteiger partial charge < -0.3 is 5.32 Å². The van der Waals surface area contributed by atoms with Gasteiger partial charge in [0.1, 0.15) is 4.60 Å². The van der Waals surface area contributed by atoms with Crippen molar-refractivity contribution < 1.29 is 0 Å². The van der Waals surface area contributed by atoms with E-state index in [1.54, 1.807) is 0 Å². The molecule has 5 heteroatoms. The molecule has 0 aliphatic heterocycles. The maximum Gasteiger partial charge on any atom is 0.106 e. The predicted octanol–water partition coefficient (Wildman–Crippen LogP) is 3.31. The SMILES string of the molecule is CC(C)c1nn(C)cc1CNc1ccc(Br)nc1. The smallest absolute Gasteiger partial charge is 0.106 e. The highest BCUT2D eigenvalue weighted by molar-refractivity contribution is 9.10. The number of hydrogen-bond donors (Lipinski definition) is 1. The van der Waals surface area contributed by atoms with Crippen LogP contribution in [0.3, 0.4) is 0 Å². The van der Waals surface area contributed by atoms with Gasteiger partial charge in [-0.1, -0.05) is 13.8 Å². The first-order valence-electron chi connectivity index (χ1n) is 5.94. The minimum Gasteiger partial charge on any atom is -0.380 e. The molecule has 96 valence electrons. The normalized spacial score (nSPS) is 10.9. The van der Waals surface area contributed by atoms with Crippen LogP contribution >= 0.6 is 15.9 Å². The Labute approximate surface area is 116 Å². The van der Waals surface area contributed by atoms with Crippen LogP contribution in [0.15, 0.2) is 29.1 Å². The molecule has 0 radical (unpaired) electrons. The molecule has 0 saturated heterocycles. The fourth-order valence-electron chi connectivity index (χ4n) is 1.85. The highest BCUT2D eigenvalue weighted by Crippen LogP contribution is 2.19. The molecule has 0 aliphatic rings. The zero-order valence-electron chi connectivity index (χ0n) is 10.8. The van der Waals surface area contributed by atoms with Crippen molar-refractivity contribution in [2.75, 3.05) is 5.32 Å². The monoisotopic (exact) mass is 308 g/mol. The van der Waals surface area contributed by atoms with Crippen molar-refractivity contribution in [1.29, 1.82) is 0 Å². The minimum atomic E-state index is 0.436. The summed E-state index contributed by atoms with van der Waals surface area (Å²) < 4.78 is 2.71. The third-order valence-corrected chi connectivity index (χ3v) is 3.16. The summed E-state index contributed by atoms with van der Waals surface area (Å²) >= 11 is 3.32. The largest absolute Gasteiger partial charge is 0.380 e. The number of hydrogen-bond acceptors (Lipinski definition) is 3. The second-order valence-corrected chi connectivity index (χ2v) is 5.40. The van der Waals surface area contributed by atoms with Crippen LogP contribution in [0.1, 0.15) is 31.0 Å². The molecular weight excluding hydrogens is 292 g/mol. The Kier molecular flexibility index (Phi) is 4.01. The number of pyridine rings is 1. The van der Waals surface area contributed by atoms with Crippen LogP contribution in [-0.2, 0) is 13.6 Å². The van der Waals surface area contributed by atoms with Gasteiger partial charge in [0.2, 0.25) is 0 Å². The molecule has 2 heterocycles. The minimum absolute atomic E-state index is 0.436. The van der Waals surface area contributed by atoms with E-state index in [0.29, 0.717) is 5.92 Å². The number of nitrogens with one attached hydrogen (secondary N) is 1. The first-order chi connectivity index (χ1) is 8.56. The maximum absolute atomic E-state index is 4.49. The fraction of sp³-hybridized carbons (Fsp3) is 0.385. The molecule has 0 fully saturated rings. The molecule has 2 aromatic heterocycles. The summed E-state index contributed by atoms with van der Waals surface area (Å²) in [5.41, 5.74) is 3.39. The zero-order valence-corrected chi connectivity index (χ0v) is 12.4. The molecular formula is C13H17BrN4. The van der Waals surface area contributed by atoms with Gasteiger partial charge in [-0.05, 0) is 34.0 Å². The molecule has 0 aromatic carbocycles. The van der Waals surface area contributed by atoms with Crippen LogP contribution in [-0.4, -0.2) is 14.8 Å². The van der Waals surface area contributed by atoms with E-state index >= 15 is 0 Å². The highest BCUT2D eigenvalue weighted by Gasteiger charge is 2.10. The number of anilines is 1. The number of nitrogens with zero attached hydrogens (tertiary/aromatic N) is 3. The average molecular weight is 309 g/mol. The fourth-order valence-corrected chi connectivity index (χ4v) is 2.09. The molecule has 0 aliphatic carbocycles. The third-order valence-electron chi connectivity index (χ3n) is 2.69. The van der Waals surface area contributed by atoms with Crippen molar-refractivity contribution in [1.82, 2.24) is 14.8 Å². The van der Waals surface area contributed by atoms with Crippen molar-refractivity contribution >= 4 is 21.6 Å². The van der Waals surface area contributed by atoms with E-state index < -0.39 is 0 Å². The quantitative estimate of drug-likeness (QED) is 0.881.